The third-order valence-corrected chi connectivity index (χ3v) is 2.92. The Kier molecular flexibility index (Phi) is 4.18. The van der Waals surface area contributed by atoms with E-state index in [9.17, 15) is 4.79 Å². The molecule has 0 saturated heterocycles. The number of carbonyl (C=O) groups excluding carboxylic acids is 1. The van der Waals surface area contributed by atoms with E-state index in [1.807, 2.05) is 6.92 Å². The van der Waals surface area contributed by atoms with Crippen LogP contribution < -0.4 is 0 Å². The van der Waals surface area contributed by atoms with Crippen molar-refractivity contribution in [2.24, 2.45) is 5.92 Å². The highest BCUT2D eigenvalue weighted by Gasteiger charge is 2.22. The van der Waals surface area contributed by atoms with Crippen LogP contribution in [0.5, 0.6) is 0 Å². The topological polar surface area (TPSA) is 26.3 Å². The molecule has 2 heteroatoms. The molecule has 1 rings (SSSR count). The predicted molar refractivity (Wildman–Crippen MR) is 56.9 cm³/mol. The van der Waals surface area contributed by atoms with Gasteiger partial charge >= 0.3 is 5.97 Å². The first kappa shape index (κ1) is 11.3. The van der Waals surface area contributed by atoms with Crippen LogP contribution in [0.15, 0.2) is 11.6 Å². The first-order valence-electron chi connectivity index (χ1n) is 5.47. The lowest BCUT2D eigenvalue weighted by molar-refractivity contribution is -0.146. The smallest absolute Gasteiger partial charge is 0.333 e. The lowest BCUT2D eigenvalue weighted by atomic mass is 9.89. The molecule has 1 saturated carbocycles. The van der Waals surface area contributed by atoms with Crippen LogP contribution >= 0.6 is 0 Å². The fourth-order valence-corrected chi connectivity index (χ4v) is 1.85. The zero-order valence-electron chi connectivity index (χ0n) is 9.38. The standard InChI is InChI=1S/C12H20O2/c1-4-10(3)12(13)14-11-7-5-6-9(2)8-11/h4,9,11H,5-8H2,1-3H3/b10-4+. The minimum absolute atomic E-state index is 0.147. The number of hydrogen-bond donors (Lipinski definition) is 0. The highest BCUT2D eigenvalue weighted by atomic mass is 16.5. The van der Waals surface area contributed by atoms with Crippen LogP contribution in [0, 0.1) is 5.92 Å². The van der Waals surface area contributed by atoms with Crippen molar-refractivity contribution in [3.05, 3.63) is 11.6 Å². The average Bonchev–Trinajstić information content (AvgIpc) is 2.16. The highest BCUT2D eigenvalue weighted by Crippen LogP contribution is 2.26. The number of hydrogen-bond acceptors (Lipinski definition) is 2. The maximum atomic E-state index is 11.5. The molecule has 0 aromatic rings. The molecule has 0 bridgehead atoms. The van der Waals surface area contributed by atoms with Gasteiger partial charge in [0.05, 0.1) is 0 Å². The van der Waals surface area contributed by atoms with Crippen LogP contribution in [-0.4, -0.2) is 12.1 Å². The van der Waals surface area contributed by atoms with E-state index in [0.717, 1.165) is 12.8 Å². The van der Waals surface area contributed by atoms with E-state index >= 15 is 0 Å². The summed E-state index contributed by atoms with van der Waals surface area (Å²) >= 11 is 0. The van der Waals surface area contributed by atoms with Gasteiger partial charge in [0.25, 0.3) is 0 Å². The zero-order chi connectivity index (χ0) is 10.6. The molecule has 0 aromatic carbocycles. The number of carbonyl (C=O) groups is 1. The molecular formula is C12H20O2. The Morgan fingerprint density at radius 1 is 1.43 bits per heavy atom. The molecule has 1 aliphatic rings. The van der Waals surface area contributed by atoms with Crippen molar-refractivity contribution in [1.29, 1.82) is 0 Å². The first-order chi connectivity index (χ1) is 6.63. The van der Waals surface area contributed by atoms with Crippen LogP contribution in [0.25, 0.3) is 0 Å². The lowest BCUT2D eigenvalue weighted by Crippen LogP contribution is -2.24. The minimum Gasteiger partial charge on any atom is -0.459 e. The molecule has 2 atom stereocenters. The lowest BCUT2D eigenvalue weighted by Gasteiger charge is -2.26. The maximum Gasteiger partial charge on any atom is 0.333 e. The van der Waals surface area contributed by atoms with Gasteiger partial charge in [-0.3, -0.25) is 0 Å². The van der Waals surface area contributed by atoms with Crippen LogP contribution in [0.2, 0.25) is 0 Å². The van der Waals surface area contributed by atoms with E-state index in [-0.39, 0.29) is 12.1 Å². The van der Waals surface area contributed by atoms with Gasteiger partial charge in [0.1, 0.15) is 6.10 Å². The summed E-state index contributed by atoms with van der Waals surface area (Å²) in [5, 5.41) is 0. The first-order valence-corrected chi connectivity index (χ1v) is 5.47. The average molecular weight is 196 g/mol. The van der Waals surface area contributed by atoms with Gasteiger partial charge in [0, 0.05) is 5.57 Å². The van der Waals surface area contributed by atoms with Crippen molar-refractivity contribution in [1.82, 2.24) is 0 Å². The van der Waals surface area contributed by atoms with Crippen molar-refractivity contribution in [2.45, 2.75) is 52.6 Å². The van der Waals surface area contributed by atoms with Crippen LogP contribution in [0.4, 0.5) is 0 Å². The number of rotatable bonds is 2. The van der Waals surface area contributed by atoms with Gasteiger partial charge in [0.15, 0.2) is 0 Å². The van der Waals surface area contributed by atoms with Gasteiger partial charge < -0.3 is 4.74 Å². The van der Waals surface area contributed by atoms with Gasteiger partial charge in [-0.1, -0.05) is 19.4 Å². The number of allylic oxidation sites excluding steroid dienone is 1. The van der Waals surface area contributed by atoms with Gasteiger partial charge in [-0.05, 0) is 39.0 Å². The van der Waals surface area contributed by atoms with E-state index in [2.05, 4.69) is 6.92 Å². The van der Waals surface area contributed by atoms with Crippen molar-refractivity contribution in [3.63, 3.8) is 0 Å². The summed E-state index contributed by atoms with van der Waals surface area (Å²) in [6, 6.07) is 0. The Balaban J connectivity index is 2.40. The molecule has 2 nitrogen and oxygen atoms in total. The molecule has 1 aliphatic carbocycles. The SMILES string of the molecule is C/C=C(\C)C(=O)OC1CCCC(C)C1. The normalized spacial score (nSPS) is 28.6. The Morgan fingerprint density at radius 2 is 2.14 bits per heavy atom. The summed E-state index contributed by atoms with van der Waals surface area (Å²) in [5.74, 6) is 0.555. The van der Waals surface area contributed by atoms with Crippen molar-refractivity contribution >= 4 is 5.97 Å². The van der Waals surface area contributed by atoms with E-state index in [1.54, 1.807) is 13.0 Å². The molecule has 1 fully saturated rings. The molecule has 80 valence electrons. The van der Waals surface area contributed by atoms with Crippen LogP contribution in [0.3, 0.4) is 0 Å². The summed E-state index contributed by atoms with van der Waals surface area (Å²) in [6.45, 7) is 5.89. The molecule has 0 heterocycles. The third kappa shape index (κ3) is 3.17. The van der Waals surface area contributed by atoms with E-state index in [1.165, 1.54) is 12.8 Å². The quantitative estimate of drug-likeness (QED) is 0.501. The Bertz CT molecular complexity index is 230. The molecule has 0 spiro atoms. The highest BCUT2D eigenvalue weighted by molar-refractivity contribution is 5.87. The fraction of sp³-hybridized carbons (Fsp3) is 0.750. The van der Waals surface area contributed by atoms with E-state index < -0.39 is 0 Å². The largest absolute Gasteiger partial charge is 0.459 e. The minimum atomic E-state index is -0.147. The molecule has 0 aliphatic heterocycles. The van der Waals surface area contributed by atoms with Gasteiger partial charge in [0.2, 0.25) is 0 Å². The van der Waals surface area contributed by atoms with Gasteiger partial charge in [-0.25, -0.2) is 4.79 Å². The zero-order valence-corrected chi connectivity index (χ0v) is 9.38. The number of ether oxygens (including phenoxy) is 1. The predicted octanol–water partition coefficient (Wildman–Crippen LogP) is 3.07. The molecule has 0 amide bonds. The Labute approximate surface area is 86.3 Å². The molecule has 0 N–H and O–H groups in total. The van der Waals surface area contributed by atoms with Crippen LogP contribution in [0.1, 0.15) is 46.5 Å². The second-order valence-corrected chi connectivity index (χ2v) is 4.27. The van der Waals surface area contributed by atoms with Gasteiger partial charge in [-0.2, -0.15) is 0 Å². The molecule has 0 aromatic heterocycles. The summed E-state index contributed by atoms with van der Waals surface area (Å²) in [4.78, 5) is 11.5. The summed E-state index contributed by atoms with van der Waals surface area (Å²) < 4.78 is 5.41. The molecular weight excluding hydrogens is 176 g/mol. The molecule has 2 unspecified atom stereocenters. The summed E-state index contributed by atoms with van der Waals surface area (Å²) in [5.41, 5.74) is 0.711. The van der Waals surface area contributed by atoms with Gasteiger partial charge in [-0.15, -0.1) is 0 Å². The number of esters is 1. The van der Waals surface area contributed by atoms with Crippen LogP contribution in [-0.2, 0) is 9.53 Å². The second kappa shape index (κ2) is 5.18. The Hall–Kier alpha value is -0.790. The van der Waals surface area contributed by atoms with Crippen molar-refractivity contribution in [2.75, 3.05) is 0 Å². The second-order valence-electron chi connectivity index (χ2n) is 4.27. The summed E-state index contributed by atoms with van der Waals surface area (Å²) in [7, 11) is 0. The molecule has 14 heavy (non-hydrogen) atoms. The van der Waals surface area contributed by atoms with Crippen molar-refractivity contribution in [3.8, 4) is 0 Å². The summed E-state index contributed by atoms with van der Waals surface area (Å²) in [6.07, 6.45) is 6.48. The third-order valence-electron chi connectivity index (χ3n) is 2.92. The molecule has 0 radical (unpaired) electrons. The van der Waals surface area contributed by atoms with E-state index in [0.29, 0.717) is 11.5 Å². The van der Waals surface area contributed by atoms with E-state index in [4.69, 9.17) is 4.74 Å². The maximum absolute atomic E-state index is 11.5. The van der Waals surface area contributed by atoms with Crippen molar-refractivity contribution < 1.29 is 9.53 Å². The Morgan fingerprint density at radius 3 is 2.71 bits per heavy atom. The monoisotopic (exact) mass is 196 g/mol. The fourth-order valence-electron chi connectivity index (χ4n) is 1.85.